The van der Waals surface area contributed by atoms with Crippen molar-refractivity contribution in [2.45, 2.75) is 6.54 Å². The van der Waals surface area contributed by atoms with Crippen LogP contribution in [0.15, 0.2) is 36.5 Å². The molecule has 0 bridgehead atoms. The van der Waals surface area contributed by atoms with Gasteiger partial charge in [-0.05, 0) is 23.7 Å². The molecule has 0 aliphatic carbocycles. The Morgan fingerprint density at radius 1 is 1.08 bits per heavy atom. The molecule has 6 nitrogen and oxygen atoms in total. The van der Waals surface area contributed by atoms with E-state index in [1.54, 1.807) is 14.2 Å². The van der Waals surface area contributed by atoms with Gasteiger partial charge in [-0.25, -0.2) is 4.98 Å². The number of aromatic nitrogens is 3. The van der Waals surface area contributed by atoms with Gasteiger partial charge in [-0.1, -0.05) is 18.2 Å². The van der Waals surface area contributed by atoms with Crippen LogP contribution in [0.1, 0.15) is 5.01 Å². The van der Waals surface area contributed by atoms with Crippen molar-refractivity contribution in [2.75, 3.05) is 40.5 Å². The van der Waals surface area contributed by atoms with Crippen molar-refractivity contribution in [1.29, 1.82) is 0 Å². The van der Waals surface area contributed by atoms with Crippen LogP contribution in [0.25, 0.3) is 16.9 Å². The van der Waals surface area contributed by atoms with Gasteiger partial charge < -0.3 is 9.47 Å². The van der Waals surface area contributed by atoms with E-state index in [0.717, 1.165) is 36.1 Å². The van der Waals surface area contributed by atoms with Gasteiger partial charge in [0, 0.05) is 38.9 Å². The lowest BCUT2D eigenvalue weighted by Gasteiger charge is -2.19. The maximum Gasteiger partial charge on any atom is 0.246 e. The second-order valence-corrected chi connectivity index (χ2v) is 6.33. The van der Waals surface area contributed by atoms with E-state index in [2.05, 4.69) is 27.5 Å². The van der Waals surface area contributed by atoms with E-state index in [1.165, 1.54) is 16.9 Å². The minimum Gasteiger partial charge on any atom is -0.383 e. The molecule has 3 aromatic rings. The normalized spacial score (nSPS) is 11.6. The molecule has 0 saturated carbocycles. The quantitative estimate of drug-likeness (QED) is 0.596. The van der Waals surface area contributed by atoms with Gasteiger partial charge in [0.05, 0.1) is 25.3 Å². The lowest BCUT2D eigenvalue weighted by molar-refractivity contribution is 0.110. The smallest absolute Gasteiger partial charge is 0.246 e. The zero-order chi connectivity index (χ0) is 16.8. The number of ether oxygens (including phenoxy) is 2. The predicted molar refractivity (Wildman–Crippen MR) is 95.8 cm³/mol. The third-order valence-corrected chi connectivity index (χ3v) is 4.54. The summed E-state index contributed by atoms with van der Waals surface area (Å²) in [4.78, 5) is 6.97. The van der Waals surface area contributed by atoms with Crippen LogP contribution < -0.4 is 0 Å². The molecule has 0 unspecified atom stereocenters. The van der Waals surface area contributed by atoms with E-state index in [4.69, 9.17) is 14.5 Å². The van der Waals surface area contributed by atoms with Crippen molar-refractivity contribution in [3.63, 3.8) is 0 Å². The zero-order valence-corrected chi connectivity index (χ0v) is 14.8. The molecule has 0 spiro atoms. The highest BCUT2D eigenvalue weighted by Crippen LogP contribution is 2.20. The van der Waals surface area contributed by atoms with Crippen LogP contribution in [0.5, 0.6) is 0 Å². The first-order valence-electron chi connectivity index (χ1n) is 7.91. The summed E-state index contributed by atoms with van der Waals surface area (Å²) < 4.78 is 16.9. The summed E-state index contributed by atoms with van der Waals surface area (Å²) in [5, 5.41) is 2.19. The fourth-order valence-corrected chi connectivity index (χ4v) is 3.25. The predicted octanol–water partition coefficient (Wildman–Crippen LogP) is 2.58. The number of para-hydroxylation sites is 1. The van der Waals surface area contributed by atoms with E-state index in [9.17, 15) is 0 Å². The van der Waals surface area contributed by atoms with Crippen LogP contribution in [0.2, 0.25) is 0 Å². The molecule has 0 aliphatic rings. The number of hydrogen-bond donors (Lipinski definition) is 0. The molecule has 7 heteroatoms. The molecule has 24 heavy (non-hydrogen) atoms. The number of fused-ring (bicyclic) bond motifs is 1. The van der Waals surface area contributed by atoms with Gasteiger partial charge >= 0.3 is 0 Å². The van der Waals surface area contributed by atoms with Gasteiger partial charge in [0.15, 0.2) is 0 Å². The summed E-state index contributed by atoms with van der Waals surface area (Å²) in [6, 6.07) is 10.3. The molecule has 0 atom stereocenters. The van der Waals surface area contributed by atoms with Crippen LogP contribution in [-0.4, -0.2) is 59.3 Å². The summed E-state index contributed by atoms with van der Waals surface area (Å²) in [6.07, 6.45) is 2.02. The van der Waals surface area contributed by atoms with Gasteiger partial charge in [-0.3, -0.25) is 9.47 Å². The number of nitrogens with zero attached hydrogens (tertiary/aromatic N) is 4. The Labute approximate surface area is 145 Å². The number of benzene rings is 1. The fourth-order valence-electron chi connectivity index (χ4n) is 2.57. The maximum atomic E-state index is 5.18. The molecule has 0 saturated heterocycles. The van der Waals surface area contributed by atoms with Crippen LogP contribution in [0.4, 0.5) is 0 Å². The Balaban J connectivity index is 1.74. The monoisotopic (exact) mass is 346 g/mol. The van der Waals surface area contributed by atoms with Crippen LogP contribution in [0, 0.1) is 0 Å². The second-order valence-electron chi connectivity index (χ2n) is 5.49. The first-order valence-corrected chi connectivity index (χ1v) is 8.68. The molecule has 0 aliphatic heterocycles. The first kappa shape index (κ1) is 17.0. The van der Waals surface area contributed by atoms with Crippen LogP contribution in [-0.2, 0) is 16.0 Å². The summed E-state index contributed by atoms with van der Waals surface area (Å²) in [6.45, 7) is 3.83. The topological polar surface area (TPSA) is 52.4 Å². The molecule has 1 aromatic carbocycles. The number of methoxy groups -OCH3 is 2. The van der Waals surface area contributed by atoms with E-state index in [-0.39, 0.29) is 0 Å². The van der Waals surface area contributed by atoms with Gasteiger partial charge in [0.25, 0.3) is 0 Å². The molecule has 0 fully saturated rings. The average molecular weight is 346 g/mol. The van der Waals surface area contributed by atoms with Crippen molar-refractivity contribution in [3.8, 4) is 5.95 Å². The first-order chi connectivity index (χ1) is 11.8. The summed E-state index contributed by atoms with van der Waals surface area (Å²) in [7, 11) is 3.43. The number of hydrogen-bond acceptors (Lipinski definition) is 6. The minimum atomic E-state index is 0.692. The molecule has 3 rings (SSSR count). The largest absolute Gasteiger partial charge is 0.383 e. The molecule has 0 amide bonds. The molecule has 0 radical (unpaired) electrons. The Morgan fingerprint density at radius 3 is 2.58 bits per heavy atom. The van der Waals surface area contributed by atoms with E-state index >= 15 is 0 Å². The van der Waals surface area contributed by atoms with Crippen molar-refractivity contribution in [1.82, 2.24) is 18.8 Å². The van der Waals surface area contributed by atoms with E-state index in [0.29, 0.717) is 13.2 Å². The fraction of sp³-hybridized carbons (Fsp3) is 0.412. The minimum absolute atomic E-state index is 0.692. The number of rotatable bonds is 9. The lowest BCUT2D eigenvalue weighted by atomic mass is 10.2. The molecule has 128 valence electrons. The third-order valence-electron chi connectivity index (χ3n) is 3.85. The zero-order valence-electron chi connectivity index (χ0n) is 14.0. The molecular weight excluding hydrogens is 324 g/mol. The highest BCUT2D eigenvalue weighted by molar-refractivity contribution is 7.05. The molecule has 2 aromatic heterocycles. The molecule has 2 heterocycles. The second kappa shape index (κ2) is 8.34. The van der Waals surface area contributed by atoms with Crippen molar-refractivity contribution in [3.05, 3.63) is 41.5 Å². The van der Waals surface area contributed by atoms with E-state index < -0.39 is 0 Å². The SMILES string of the molecule is COCCN(CCOC)Cc1nc(-n2ccc3ccccc32)ns1. The van der Waals surface area contributed by atoms with Crippen LogP contribution in [0.3, 0.4) is 0 Å². The molecular formula is C17H22N4O2S. The summed E-state index contributed by atoms with van der Waals surface area (Å²) >= 11 is 1.45. The standard InChI is InChI=1S/C17H22N4O2S/c1-22-11-9-20(10-12-23-2)13-16-18-17(19-24-16)21-8-7-14-5-3-4-6-15(14)21/h3-8H,9-13H2,1-2H3. The summed E-state index contributed by atoms with van der Waals surface area (Å²) in [5.41, 5.74) is 1.12. The van der Waals surface area contributed by atoms with Crippen molar-refractivity contribution in [2.24, 2.45) is 0 Å². The highest BCUT2D eigenvalue weighted by atomic mass is 32.1. The Kier molecular flexibility index (Phi) is 5.92. The van der Waals surface area contributed by atoms with Crippen LogP contribution >= 0.6 is 11.5 Å². The van der Waals surface area contributed by atoms with Gasteiger partial charge in [0.1, 0.15) is 5.01 Å². The van der Waals surface area contributed by atoms with Crippen molar-refractivity contribution >= 4 is 22.4 Å². The van der Waals surface area contributed by atoms with Crippen molar-refractivity contribution < 1.29 is 9.47 Å². The van der Waals surface area contributed by atoms with Gasteiger partial charge in [-0.2, -0.15) is 4.37 Å². The Bertz CT molecular complexity index is 763. The van der Waals surface area contributed by atoms with Gasteiger partial charge in [-0.15, -0.1) is 0 Å². The Hall–Kier alpha value is -1.80. The lowest BCUT2D eigenvalue weighted by Crippen LogP contribution is -2.30. The Morgan fingerprint density at radius 2 is 1.83 bits per heavy atom. The average Bonchev–Trinajstić information content (AvgIpc) is 3.23. The maximum absolute atomic E-state index is 5.18. The highest BCUT2D eigenvalue weighted by Gasteiger charge is 2.12. The van der Waals surface area contributed by atoms with Gasteiger partial charge in [0.2, 0.25) is 5.95 Å². The third kappa shape index (κ3) is 3.99. The van der Waals surface area contributed by atoms with E-state index in [1.807, 2.05) is 22.9 Å². The summed E-state index contributed by atoms with van der Waals surface area (Å²) in [5.74, 6) is 0.731. The molecule has 0 N–H and O–H groups in total.